The van der Waals surface area contributed by atoms with Gasteiger partial charge in [-0.3, -0.25) is 4.90 Å². The number of likely N-dealkylation sites (N-methyl/N-ethyl adjacent to an activating group) is 1. The van der Waals surface area contributed by atoms with Gasteiger partial charge in [-0.25, -0.2) is 0 Å². The Morgan fingerprint density at radius 2 is 2.22 bits per heavy atom. The third-order valence-corrected chi connectivity index (χ3v) is 3.73. The van der Waals surface area contributed by atoms with E-state index in [1.807, 2.05) is 6.07 Å². The maximum atomic E-state index is 5.51. The van der Waals surface area contributed by atoms with E-state index < -0.39 is 0 Å². The second-order valence-corrected chi connectivity index (χ2v) is 5.60. The molecule has 0 amide bonds. The molecule has 0 radical (unpaired) electrons. The summed E-state index contributed by atoms with van der Waals surface area (Å²) in [7, 11) is 0. The van der Waals surface area contributed by atoms with Crippen molar-refractivity contribution in [2.24, 2.45) is 5.92 Å². The van der Waals surface area contributed by atoms with Gasteiger partial charge in [0.05, 0.1) is 12.8 Å². The maximum Gasteiger partial charge on any atom is 0.117 e. The summed E-state index contributed by atoms with van der Waals surface area (Å²) >= 11 is 0. The third-order valence-electron chi connectivity index (χ3n) is 3.73. The highest BCUT2D eigenvalue weighted by Gasteiger charge is 2.35. The van der Waals surface area contributed by atoms with Gasteiger partial charge in [0.15, 0.2) is 0 Å². The van der Waals surface area contributed by atoms with E-state index in [1.54, 1.807) is 6.26 Å². The number of nitrogens with one attached hydrogen (secondary N) is 1. The monoisotopic (exact) mass is 250 g/mol. The molecule has 3 nitrogen and oxygen atoms in total. The molecule has 3 heteroatoms. The van der Waals surface area contributed by atoms with Crippen molar-refractivity contribution in [1.82, 2.24) is 10.2 Å². The molecule has 1 aromatic heterocycles. The smallest absolute Gasteiger partial charge is 0.117 e. The standard InChI is InChI=1S/C15H26N2O/c1-4-16-10-15(12(2)3)17(13-7-8-13)11-14-6-5-9-18-14/h5-6,9,12-13,15-16H,4,7-8,10-11H2,1-3H3. The molecule has 0 aliphatic heterocycles. The van der Waals surface area contributed by atoms with Gasteiger partial charge >= 0.3 is 0 Å². The zero-order valence-electron chi connectivity index (χ0n) is 11.9. The lowest BCUT2D eigenvalue weighted by atomic mass is 10.0. The molecule has 1 aliphatic rings. The summed E-state index contributed by atoms with van der Waals surface area (Å²) < 4.78 is 5.51. The van der Waals surface area contributed by atoms with Gasteiger partial charge in [-0.05, 0) is 37.4 Å². The summed E-state index contributed by atoms with van der Waals surface area (Å²) in [6, 6.07) is 5.43. The van der Waals surface area contributed by atoms with Crippen molar-refractivity contribution in [1.29, 1.82) is 0 Å². The van der Waals surface area contributed by atoms with Crippen LogP contribution in [0.5, 0.6) is 0 Å². The first-order valence-electron chi connectivity index (χ1n) is 7.21. The van der Waals surface area contributed by atoms with Crippen LogP contribution in [-0.2, 0) is 6.54 Å². The third kappa shape index (κ3) is 3.59. The van der Waals surface area contributed by atoms with Crippen LogP contribution in [0.1, 0.15) is 39.4 Å². The Hall–Kier alpha value is -0.800. The summed E-state index contributed by atoms with van der Waals surface area (Å²) in [5.41, 5.74) is 0. The molecule has 1 N–H and O–H groups in total. The first-order valence-corrected chi connectivity index (χ1v) is 7.21. The number of rotatable bonds is 8. The molecule has 1 heterocycles. The molecule has 0 aromatic carbocycles. The van der Waals surface area contributed by atoms with Crippen LogP contribution < -0.4 is 5.32 Å². The molecule has 0 saturated heterocycles. The lowest BCUT2D eigenvalue weighted by Crippen LogP contribution is -2.46. The lowest BCUT2D eigenvalue weighted by Gasteiger charge is -2.34. The highest BCUT2D eigenvalue weighted by atomic mass is 16.3. The van der Waals surface area contributed by atoms with E-state index in [0.29, 0.717) is 12.0 Å². The zero-order chi connectivity index (χ0) is 13.0. The van der Waals surface area contributed by atoms with Crippen LogP contribution in [0.3, 0.4) is 0 Å². The Kier molecular flexibility index (Phi) is 4.84. The molecule has 0 bridgehead atoms. The van der Waals surface area contributed by atoms with E-state index in [1.165, 1.54) is 12.8 Å². The average molecular weight is 250 g/mol. The van der Waals surface area contributed by atoms with Crippen molar-refractivity contribution >= 4 is 0 Å². The molecule has 102 valence electrons. The Bertz CT molecular complexity index is 330. The Morgan fingerprint density at radius 1 is 1.44 bits per heavy atom. The van der Waals surface area contributed by atoms with Crippen molar-refractivity contribution in [3.63, 3.8) is 0 Å². The Morgan fingerprint density at radius 3 is 2.72 bits per heavy atom. The Labute approximate surface area is 111 Å². The molecule has 0 spiro atoms. The van der Waals surface area contributed by atoms with Crippen molar-refractivity contribution in [2.45, 2.75) is 52.2 Å². The van der Waals surface area contributed by atoms with Gasteiger partial charge in [0.2, 0.25) is 0 Å². The van der Waals surface area contributed by atoms with Gasteiger partial charge in [-0.15, -0.1) is 0 Å². The minimum absolute atomic E-state index is 0.600. The number of nitrogens with zero attached hydrogens (tertiary/aromatic N) is 1. The topological polar surface area (TPSA) is 28.4 Å². The summed E-state index contributed by atoms with van der Waals surface area (Å²) in [4.78, 5) is 2.63. The van der Waals surface area contributed by atoms with Gasteiger partial charge in [-0.2, -0.15) is 0 Å². The molecule has 18 heavy (non-hydrogen) atoms. The second kappa shape index (κ2) is 6.39. The van der Waals surface area contributed by atoms with Crippen LogP contribution >= 0.6 is 0 Å². The van der Waals surface area contributed by atoms with E-state index in [2.05, 4.69) is 37.1 Å². The molecular weight excluding hydrogens is 224 g/mol. The quantitative estimate of drug-likeness (QED) is 0.769. The van der Waals surface area contributed by atoms with Gasteiger partial charge in [0, 0.05) is 18.6 Å². The average Bonchev–Trinajstić information content (AvgIpc) is 3.06. The van der Waals surface area contributed by atoms with Gasteiger partial charge < -0.3 is 9.73 Å². The summed E-state index contributed by atoms with van der Waals surface area (Å²) in [5.74, 6) is 1.75. The first kappa shape index (κ1) is 13.6. The fourth-order valence-electron chi connectivity index (χ4n) is 2.53. The van der Waals surface area contributed by atoms with E-state index in [-0.39, 0.29) is 0 Å². The maximum absolute atomic E-state index is 5.51. The predicted octanol–water partition coefficient (Wildman–Crippen LogP) is 2.88. The zero-order valence-corrected chi connectivity index (χ0v) is 11.9. The molecule has 1 fully saturated rings. The second-order valence-electron chi connectivity index (χ2n) is 5.60. The minimum Gasteiger partial charge on any atom is -0.468 e. The summed E-state index contributed by atoms with van der Waals surface area (Å²) in [5, 5.41) is 3.50. The largest absolute Gasteiger partial charge is 0.468 e. The highest BCUT2D eigenvalue weighted by molar-refractivity contribution is 5.01. The Balaban J connectivity index is 2.01. The molecule has 1 aromatic rings. The molecule has 2 rings (SSSR count). The van der Waals surface area contributed by atoms with Crippen LogP contribution in [0.4, 0.5) is 0 Å². The molecule has 1 aliphatic carbocycles. The minimum atomic E-state index is 0.600. The van der Waals surface area contributed by atoms with Crippen LogP contribution in [0, 0.1) is 5.92 Å². The highest BCUT2D eigenvalue weighted by Crippen LogP contribution is 2.32. The van der Waals surface area contributed by atoms with E-state index >= 15 is 0 Å². The van der Waals surface area contributed by atoms with E-state index in [4.69, 9.17) is 4.42 Å². The number of furan rings is 1. The molecule has 1 saturated carbocycles. The lowest BCUT2D eigenvalue weighted by molar-refractivity contribution is 0.125. The summed E-state index contributed by atoms with van der Waals surface area (Å²) in [6.45, 7) is 9.88. The van der Waals surface area contributed by atoms with Crippen LogP contribution in [-0.4, -0.2) is 30.1 Å². The van der Waals surface area contributed by atoms with E-state index in [0.717, 1.165) is 31.4 Å². The molecular formula is C15H26N2O. The van der Waals surface area contributed by atoms with Gasteiger partial charge in [0.1, 0.15) is 5.76 Å². The van der Waals surface area contributed by atoms with E-state index in [9.17, 15) is 0 Å². The predicted molar refractivity (Wildman–Crippen MR) is 74.4 cm³/mol. The van der Waals surface area contributed by atoms with Crippen molar-refractivity contribution in [2.75, 3.05) is 13.1 Å². The fraction of sp³-hybridized carbons (Fsp3) is 0.733. The van der Waals surface area contributed by atoms with Gasteiger partial charge in [0.25, 0.3) is 0 Å². The number of hydrogen-bond donors (Lipinski definition) is 1. The SMILES string of the molecule is CCNCC(C(C)C)N(Cc1ccco1)C1CC1. The number of hydrogen-bond acceptors (Lipinski definition) is 3. The fourth-order valence-corrected chi connectivity index (χ4v) is 2.53. The van der Waals surface area contributed by atoms with Crippen molar-refractivity contribution in [3.8, 4) is 0 Å². The van der Waals surface area contributed by atoms with Crippen LogP contribution in [0.2, 0.25) is 0 Å². The van der Waals surface area contributed by atoms with Crippen LogP contribution in [0.15, 0.2) is 22.8 Å². The van der Waals surface area contributed by atoms with Gasteiger partial charge in [-0.1, -0.05) is 20.8 Å². The first-order chi connectivity index (χ1) is 8.72. The normalized spacial score (nSPS) is 17.6. The van der Waals surface area contributed by atoms with Crippen molar-refractivity contribution in [3.05, 3.63) is 24.2 Å². The molecule has 1 unspecified atom stereocenters. The molecule has 1 atom stereocenters. The summed E-state index contributed by atoms with van der Waals surface area (Å²) in [6.07, 6.45) is 4.46. The van der Waals surface area contributed by atoms with Crippen molar-refractivity contribution < 1.29 is 4.42 Å². The van der Waals surface area contributed by atoms with Crippen LogP contribution in [0.25, 0.3) is 0 Å².